The Morgan fingerprint density at radius 1 is 1.44 bits per heavy atom. The van der Waals surface area contributed by atoms with Gasteiger partial charge in [-0.2, -0.15) is 0 Å². The molecule has 0 aliphatic heterocycles. The van der Waals surface area contributed by atoms with Gasteiger partial charge in [-0.15, -0.1) is 0 Å². The molecule has 1 heterocycles. The summed E-state index contributed by atoms with van der Waals surface area (Å²) < 4.78 is 1.60. The molecule has 0 amide bonds. The van der Waals surface area contributed by atoms with E-state index in [4.69, 9.17) is 5.84 Å². The van der Waals surface area contributed by atoms with Crippen molar-refractivity contribution in [1.29, 1.82) is 0 Å². The number of aryl methyl sites for hydroxylation is 2. The number of aromatic nitrogens is 1. The van der Waals surface area contributed by atoms with Crippen molar-refractivity contribution in [2.75, 3.05) is 5.84 Å². The molecule has 1 aromatic rings. The van der Waals surface area contributed by atoms with Crippen molar-refractivity contribution in [3.05, 3.63) is 29.6 Å². The molecule has 0 aliphatic carbocycles. The van der Waals surface area contributed by atoms with Gasteiger partial charge in [0, 0.05) is 19.1 Å². The van der Waals surface area contributed by atoms with Crippen molar-refractivity contribution in [2.45, 2.75) is 13.8 Å². The Morgan fingerprint density at radius 2 is 2.11 bits per heavy atom. The molecule has 0 aliphatic rings. The summed E-state index contributed by atoms with van der Waals surface area (Å²) in [5.74, 6) is 5.51. The highest BCUT2D eigenvalue weighted by atomic mass is 15.3. The summed E-state index contributed by atoms with van der Waals surface area (Å²) in [7, 11) is 0. The van der Waals surface area contributed by atoms with Crippen LogP contribution in [0, 0.1) is 13.8 Å². The highest BCUT2D eigenvalue weighted by Gasteiger charge is 1.98. The summed E-state index contributed by atoms with van der Waals surface area (Å²) in [4.78, 5) is 0. The Hall–Kier alpha value is -1.05. The summed E-state index contributed by atoms with van der Waals surface area (Å²) in [6.45, 7) is 4.03. The van der Waals surface area contributed by atoms with Crippen LogP contribution in [-0.2, 0) is 0 Å². The Bertz CT molecular complexity index is 218. The highest BCUT2D eigenvalue weighted by molar-refractivity contribution is 5.08. The summed E-state index contributed by atoms with van der Waals surface area (Å²) in [6, 6.07) is 4.02. The van der Waals surface area contributed by atoms with Crippen molar-refractivity contribution in [1.82, 2.24) is 0 Å². The Labute approximate surface area is 54.9 Å². The Kier molecular flexibility index (Phi) is 1.39. The molecule has 2 nitrogen and oxygen atoms in total. The monoisotopic (exact) mass is 123 g/mol. The van der Waals surface area contributed by atoms with Gasteiger partial charge < -0.3 is 0 Å². The highest BCUT2D eigenvalue weighted by Crippen LogP contribution is 1.93. The lowest BCUT2D eigenvalue weighted by molar-refractivity contribution is -0.645. The molecule has 9 heavy (non-hydrogen) atoms. The van der Waals surface area contributed by atoms with Gasteiger partial charge >= 0.3 is 0 Å². The second-order valence-corrected chi connectivity index (χ2v) is 2.25. The van der Waals surface area contributed by atoms with Gasteiger partial charge in [0.2, 0.25) is 5.69 Å². The molecule has 0 saturated carbocycles. The molecule has 0 spiro atoms. The first kappa shape index (κ1) is 6.08. The maximum absolute atomic E-state index is 5.51. The molecule has 0 aromatic carbocycles. The van der Waals surface area contributed by atoms with E-state index < -0.39 is 0 Å². The van der Waals surface area contributed by atoms with E-state index in [-0.39, 0.29) is 0 Å². The second-order valence-electron chi connectivity index (χ2n) is 2.25. The summed E-state index contributed by atoms with van der Waals surface area (Å²) >= 11 is 0. The van der Waals surface area contributed by atoms with Crippen molar-refractivity contribution in [3.8, 4) is 0 Å². The standard InChI is InChI=1S/C7H11N2/c1-6-3-4-9(8)7(2)5-6/h3-5H,8H2,1-2H3/q+1. The van der Waals surface area contributed by atoms with Crippen LogP contribution < -0.4 is 10.5 Å². The normalized spacial score (nSPS) is 9.56. The van der Waals surface area contributed by atoms with E-state index >= 15 is 0 Å². The van der Waals surface area contributed by atoms with Crippen molar-refractivity contribution >= 4 is 0 Å². The number of rotatable bonds is 0. The molecule has 0 radical (unpaired) electrons. The third-order valence-corrected chi connectivity index (χ3v) is 1.34. The predicted molar refractivity (Wildman–Crippen MR) is 36.3 cm³/mol. The number of nitrogens with two attached hydrogens (primary N) is 1. The van der Waals surface area contributed by atoms with Crippen LogP contribution in [0.15, 0.2) is 18.3 Å². The van der Waals surface area contributed by atoms with Crippen LogP contribution in [-0.4, -0.2) is 0 Å². The average Bonchev–Trinajstić information content (AvgIpc) is 1.80. The fraction of sp³-hybridized carbons (Fsp3) is 0.286. The average molecular weight is 123 g/mol. The molecule has 2 heteroatoms. The quantitative estimate of drug-likeness (QED) is 0.390. The molecule has 0 unspecified atom stereocenters. The Balaban J connectivity index is 3.17. The number of pyridine rings is 1. The van der Waals surface area contributed by atoms with E-state index in [0.29, 0.717) is 0 Å². The predicted octanol–water partition coefficient (Wildman–Crippen LogP) is 0.305. The zero-order valence-electron chi connectivity index (χ0n) is 5.76. The fourth-order valence-electron chi connectivity index (χ4n) is 0.768. The molecular formula is C7H11N2+. The van der Waals surface area contributed by atoms with Crippen molar-refractivity contribution < 1.29 is 4.68 Å². The molecule has 1 rings (SSSR count). The molecule has 48 valence electrons. The van der Waals surface area contributed by atoms with Crippen LogP contribution >= 0.6 is 0 Å². The van der Waals surface area contributed by atoms with Gasteiger partial charge in [0.15, 0.2) is 6.20 Å². The molecule has 0 fully saturated rings. The fourth-order valence-corrected chi connectivity index (χ4v) is 0.768. The second kappa shape index (κ2) is 2.05. The zero-order valence-corrected chi connectivity index (χ0v) is 5.76. The maximum Gasteiger partial charge on any atom is 0.208 e. The van der Waals surface area contributed by atoms with Crippen LogP contribution in [0.1, 0.15) is 11.3 Å². The molecule has 0 bridgehead atoms. The summed E-state index contributed by atoms with van der Waals surface area (Å²) in [5.41, 5.74) is 2.32. The number of nitrogens with zero attached hydrogens (tertiary/aromatic N) is 1. The number of hydrogen-bond acceptors (Lipinski definition) is 1. The summed E-state index contributed by atoms with van der Waals surface area (Å²) in [6.07, 6.45) is 1.85. The van der Waals surface area contributed by atoms with Crippen molar-refractivity contribution in [3.63, 3.8) is 0 Å². The lowest BCUT2D eigenvalue weighted by atomic mass is 10.2. The van der Waals surface area contributed by atoms with E-state index in [9.17, 15) is 0 Å². The van der Waals surface area contributed by atoms with Gasteiger partial charge in [0.25, 0.3) is 0 Å². The minimum Gasteiger partial charge on any atom is -0.205 e. The number of nitrogen functional groups attached to an aromatic ring is 1. The lowest BCUT2D eigenvalue weighted by Gasteiger charge is -1.91. The van der Waals surface area contributed by atoms with Crippen LogP contribution in [0.25, 0.3) is 0 Å². The topological polar surface area (TPSA) is 29.9 Å². The first-order chi connectivity index (χ1) is 4.20. The van der Waals surface area contributed by atoms with Gasteiger partial charge in [-0.3, -0.25) is 0 Å². The third kappa shape index (κ3) is 1.19. The SMILES string of the molecule is Cc1cc[n+](N)c(C)c1. The Morgan fingerprint density at radius 3 is 2.56 bits per heavy atom. The van der Waals surface area contributed by atoms with E-state index in [1.165, 1.54) is 5.56 Å². The summed E-state index contributed by atoms with van der Waals surface area (Å²) in [5, 5.41) is 0. The van der Waals surface area contributed by atoms with E-state index in [1.54, 1.807) is 4.68 Å². The maximum atomic E-state index is 5.51. The van der Waals surface area contributed by atoms with Gasteiger partial charge in [-0.25, -0.2) is 5.84 Å². The molecule has 2 N–H and O–H groups in total. The van der Waals surface area contributed by atoms with Crippen LogP contribution in [0.3, 0.4) is 0 Å². The van der Waals surface area contributed by atoms with Crippen molar-refractivity contribution in [2.24, 2.45) is 0 Å². The zero-order chi connectivity index (χ0) is 6.85. The minimum absolute atomic E-state index is 1.08. The first-order valence-corrected chi connectivity index (χ1v) is 2.94. The van der Waals surface area contributed by atoms with Gasteiger partial charge in [0.1, 0.15) is 0 Å². The molecule has 1 aromatic heterocycles. The third-order valence-electron chi connectivity index (χ3n) is 1.34. The van der Waals surface area contributed by atoms with E-state index in [1.807, 2.05) is 32.2 Å². The molecule has 0 saturated heterocycles. The van der Waals surface area contributed by atoms with E-state index in [0.717, 1.165) is 5.69 Å². The van der Waals surface area contributed by atoms with Gasteiger partial charge in [0.05, 0.1) is 0 Å². The molecular weight excluding hydrogens is 112 g/mol. The molecule has 0 atom stereocenters. The van der Waals surface area contributed by atoms with Crippen LogP contribution in [0.2, 0.25) is 0 Å². The van der Waals surface area contributed by atoms with Gasteiger partial charge in [-0.1, -0.05) is 4.68 Å². The lowest BCUT2D eigenvalue weighted by Crippen LogP contribution is -2.46. The smallest absolute Gasteiger partial charge is 0.205 e. The minimum atomic E-state index is 1.08. The largest absolute Gasteiger partial charge is 0.208 e. The number of hydrogen-bond donors (Lipinski definition) is 1. The van der Waals surface area contributed by atoms with Crippen LogP contribution in [0.5, 0.6) is 0 Å². The first-order valence-electron chi connectivity index (χ1n) is 2.94. The van der Waals surface area contributed by atoms with Gasteiger partial charge in [-0.05, 0) is 12.5 Å². The van der Waals surface area contributed by atoms with Crippen LogP contribution in [0.4, 0.5) is 0 Å². The van der Waals surface area contributed by atoms with E-state index in [2.05, 4.69) is 0 Å².